The lowest BCUT2D eigenvalue weighted by Crippen LogP contribution is -1.88. The van der Waals surface area contributed by atoms with Crippen molar-refractivity contribution < 1.29 is 14.9 Å². The first-order valence-electron chi connectivity index (χ1n) is 4.88. The molecule has 0 bridgehead atoms. The molecule has 0 heterocycles. The average Bonchev–Trinajstić information content (AvgIpc) is 2.33. The van der Waals surface area contributed by atoms with Gasteiger partial charge in [0.25, 0.3) is 0 Å². The van der Waals surface area contributed by atoms with E-state index in [1.165, 1.54) is 13.2 Å². The summed E-state index contributed by atoms with van der Waals surface area (Å²) in [4.78, 5) is 0. The molecule has 0 atom stereocenters. The summed E-state index contributed by atoms with van der Waals surface area (Å²) < 4.78 is 5.10. The van der Waals surface area contributed by atoms with Crippen LogP contribution in [0.25, 0.3) is 11.1 Å². The monoisotopic (exact) mass is 216 g/mol. The minimum Gasteiger partial charge on any atom is -0.504 e. The fourth-order valence-corrected chi connectivity index (χ4v) is 1.61. The van der Waals surface area contributed by atoms with Crippen molar-refractivity contribution >= 4 is 0 Å². The first kappa shape index (κ1) is 10.4. The second-order valence-corrected chi connectivity index (χ2v) is 3.38. The van der Waals surface area contributed by atoms with E-state index in [0.717, 1.165) is 11.1 Å². The summed E-state index contributed by atoms with van der Waals surface area (Å²) in [6, 6.07) is 12.7. The molecule has 0 spiro atoms. The molecule has 0 radical (unpaired) electrons. The van der Waals surface area contributed by atoms with E-state index in [1.807, 2.05) is 30.3 Å². The predicted octanol–water partition coefficient (Wildman–Crippen LogP) is 2.77. The lowest BCUT2D eigenvalue weighted by molar-refractivity contribution is 0.352. The molecule has 0 aliphatic heterocycles. The number of phenols is 2. The Labute approximate surface area is 93.6 Å². The van der Waals surface area contributed by atoms with Crippen LogP contribution in [0.4, 0.5) is 0 Å². The second-order valence-electron chi connectivity index (χ2n) is 3.38. The zero-order valence-corrected chi connectivity index (χ0v) is 8.84. The van der Waals surface area contributed by atoms with Crippen LogP contribution in [0.1, 0.15) is 0 Å². The maximum Gasteiger partial charge on any atom is 0.201 e. The van der Waals surface area contributed by atoms with Crippen molar-refractivity contribution in [1.82, 2.24) is 0 Å². The summed E-state index contributed by atoms with van der Waals surface area (Å²) in [5, 5.41) is 19.0. The van der Waals surface area contributed by atoms with Gasteiger partial charge in [-0.15, -0.1) is 0 Å². The van der Waals surface area contributed by atoms with Crippen molar-refractivity contribution in [2.45, 2.75) is 0 Å². The van der Waals surface area contributed by atoms with Crippen molar-refractivity contribution in [3.05, 3.63) is 42.5 Å². The van der Waals surface area contributed by atoms with Gasteiger partial charge < -0.3 is 14.9 Å². The third-order valence-electron chi connectivity index (χ3n) is 2.40. The molecule has 3 heteroatoms. The Morgan fingerprint density at radius 1 is 0.938 bits per heavy atom. The van der Waals surface area contributed by atoms with Crippen LogP contribution in [0.5, 0.6) is 17.2 Å². The number of hydrogen-bond donors (Lipinski definition) is 2. The molecular formula is C13H12O3. The van der Waals surface area contributed by atoms with E-state index >= 15 is 0 Å². The highest BCUT2D eigenvalue weighted by Gasteiger charge is 2.13. The lowest BCUT2D eigenvalue weighted by Gasteiger charge is -2.11. The maximum absolute atomic E-state index is 9.66. The first-order valence-corrected chi connectivity index (χ1v) is 4.88. The molecule has 0 aromatic heterocycles. The second kappa shape index (κ2) is 4.14. The largest absolute Gasteiger partial charge is 0.504 e. The molecule has 2 aromatic carbocycles. The van der Waals surface area contributed by atoms with E-state index in [1.54, 1.807) is 6.07 Å². The van der Waals surface area contributed by atoms with Gasteiger partial charge in [0.2, 0.25) is 5.75 Å². The normalized spacial score (nSPS) is 10.1. The van der Waals surface area contributed by atoms with Crippen LogP contribution in [0.2, 0.25) is 0 Å². The van der Waals surface area contributed by atoms with Gasteiger partial charge >= 0.3 is 0 Å². The molecule has 2 rings (SSSR count). The van der Waals surface area contributed by atoms with Crippen molar-refractivity contribution in [2.24, 2.45) is 0 Å². The topological polar surface area (TPSA) is 49.7 Å². The summed E-state index contributed by atoms with van der Waals surface area (Å²) in [5.41, 5.74) is 1.67. The fraction of sp³-hybridized carbons (Fsp3) is 0.0769. The highest BCUT2D eigenvalue weighted by atomic mass is 16.5. The molecule has 0 aliphatic carbocycles. The molecule has 2 aromatic rings. The van der Waals surface area contributed by atoms with Gasteiger partial charge in [-0.3, -0.25) is 0 Å². The number of methoxy groups -OCH3 is 1. The van der Waals surface area contributed by atoms with Gasteiger partial charge in [-0.25, -0.2) is 0 Å². The standard InChI is InChI=1S/C13H12O3/c1-16-13-10(7-8-11(14)12(13)15)9-5-3-2-4-6-9/h2-8,14-15H,1H3. The summed E-state index contributed by atoms with van der Waals surface area (Å²) in [7, 11) is 1.46. The van der Waals surface area contributed by atoms with Crippen LogP contribution in [0.15, 0.2) is 42.5 Å². The summed E-state index contributed by atoms with van der Waals surface area (Å²) in [6.45, 7) is 0. The van der Waals surface area contributed by atoms with Crippen LogP contribution < -0.4 is 4.74 Å². The maximum atomic E-state index is 9.66. The minimum absolute atomic E-state index is 0.184. The molecule has 82 valence electrons. The van der Waals surface area contributed by atoms with E-state index in [4.69, 9.17) is 4.74 Å². The van der Waals surface area contributed by atoms with E-state index in [2.05, 4.69) is 0 Å². The van der Waals surface area contributed by atoms with E-state index < -0.39 is 0 Å². The van der Waals surface area contributed by atoms with Crippen LogP contribution in [-0.4, -0.2) is 17.3 Å². The zero-order chi connectivity index (χ0) is 11.5. The smallest absolute Gasteiger partial charge is 0.201 e. The average molecular weight is 216 g/mol. The third kappa shape index (κ3) is 1.67. The number of benzene rings is 2. The van der Waals surface area contributed by atoms with Gasteiger partial charge in [0.05, 0.1) is 7.11 Å². The molecule has 0 saturated carbocycles. The lowest BCUT2D eigenvalue weighted by atomic mass is 10.0. The van der Waals surface area contributed by atoms with E-state index in [0.29, 0.717) is 0 Å². The molecule has 0 unspecified atom stereocenters. The Morgan fingerprint density at radius 2 is 1.62 bits per heavy atom. The number of rotatable bonds is 2. The number of ether oxygens (including phenoxy) is 1. The van der Waals surface area contributed by atoms with Crippen LogP contribution in [0.3, 0.4) is 0 Å². The Morgan fingerprint density at radius 3 is 2.25 bits per heavy atom. The van der Waals surface area contributed by atoms with E-state index in [9.17, 15) is 10.2 Å². The van der Waals surface area contributed by atoms with Crippen LogP contribution in [0, 0.1) is 0 Å². The van der Waals surface area contributed by atoms with Crippen molar-refractivity contribution in [3.63, 3.8) is 0 Å². The molecular weight excluding hydrogens is 204 g/mol. The first-order chi connectivity index (χ1) is 7.74. The van der Waals surface area contributed by atoms with Gasteiger partial charge in [0.15, 0.2) is 11.5 Å². The van der Waals surface area contributed by atoms with Gasteiger partial charge in [-0.05, 0) is 17.7 Å². The summed E-state index contributed by atoms with van der Waals surface area (Å²) >= 11 is 0. The number of phenolic OH excluding ortho intramolecular Hbond substituents is 2. The van der Waals surface area contributed by atoms with Crippen molar-refractivity contribution in [3.8, 4) is 28.4 Å². The molecule has 16 heavy (non-hydrogen) atoms. The van der Waals surface area contributed by atoms with Crippen LogP contribution >= 0.6 is 0 Å². The summed E-state index contributed by atoms with van der Waals surface area (Å²) in [6.07, 6.45) is 0. The molecule has 0 saturated heterocycles. The van der Waals surface area contributed by atoms with Crippen molar-refractivity contribution in [2.75, 3.05) is 7.11 Å². The van der Waals surface area contributed by atoms with Crippen LogP contribution in [-0.2, 0) is 0 Å². The molecule has 0 amide bonds. The Kier molecular flexibility index (Phi) is 2.68. The van der Waals surface area contributed by atoms with Gasteiger partial charge in [0, 0.05) is 5.56 Å². The highest BCUT2D eigenvalue weighted by molar-refractivity contribution is 5.75. The SMILES string of the molecule is COc1c(-c2ccccc2)ccc(O)c1O. The number of hydrogen-bond acceptors (Lipinski definition) is 3. The minimum atomic E-state index is -0.233. The third-order valence-corrected chi connectivity index (χ3v) is 2.40. The molecule has 0 aliphatic rings. The van der Waals surface area contributed by atoms with Gasteiger partial charge in [-0.2, -0.15) is 0 Å². The Hall–Kier alpha value is -2.16. The molecule has 0 fully saturated rings. The fourth-order valence-electron chi connectivity index (χ4n) is 1.61. The Bertz CT molecular complexity index is 492. The van der Waals surface area contributed by atoms with Gasteiger partial charge in [0.1, 0.15) is 0 Å². The zero-order valence-electron chi connectivity index (χ0n) is 8.84. The molecule has 3 nitrogen and oxygen atoms in total. The predicted molar refractivity (Wildman–Crippen MR) is 61.8 cm³/mol. The van der Waals surface area contributed by atoms with Crippen molar-refractivity contribution in [1.29, 1.82) is 0 Å². The number of aromatic hydroxyl groups is 2. The quantitative estimate of drug-likeness (QED) is 0.759. The van der Waals surface area contributed by atoms with E-state index in [-0.39, 0.29) is 17.2 Å². The highest BCUT2D eigenvalue weighted by Crippen LogP contribution is 2.42. The molecule has 2 N–H and O–H groups in total. The Balaban J connectivity index is 2.62. The summed E-state index contributed by atoms with van der Waals surface area (Å²) in [5.74, 6) is -0.133. The van der Waals surface area contributed by atoms with Gasteiger partial charge in [-0.1, -0.05) is 30.3 Å².